The fraction of sp³-hybridized carbons (Fsp3) is 0.455. The molecule has 0 aromatic carbocycles. The Hall–Kier alpha value is -1.13. The summed E-state index contributed by atoms with van der Waals surface area (Å²) in [7, 11) is 0. The van der Waals surface area contributed by atoms with Gasteiger partial charge in [-0.15, -0.1) is 0 Å². The summed E-state index contributed by atoms with van der Waals surface area (Å²) >= 11 is 5.87. The van der Waals surface area contributed by atoms with E-state index in [0.717, 1.165) is 5.56 Å². The first-order valence-corrected chi connectivity index (χ1v) is 5.55. The smallest absolute Gasteiger partial charge is 0.227 e. The van der Waals surface area contributed by atoms with Gasteiger partial charge in [0.2, 0.25) is 5.91 Å². The van der Waals surface area contributed by atoms with Crippen LogP contribution in [0.1, 0.15) is 18.9 Å². The summed E-state index contributed by atoms with van der Waals surface area (Å²) in [6.07, 6.45) is 2.31. The number of pyridine rings is 1. The lowest BCUT2D eigenvalue weighted by Crippen LogP contribution is -2.23. The van der Waals surface area contributed by atoms with Crippen molar-refractivity contribution < 1.29 is 4.79 Å². The van der Waals surface area contributed by atoms with Crippen LogP contribution in [0.3, 0.4) is 0 Å². The van der Waals surface area contributed by atoms with Crippen molar-refractivity contribution in [1.29, 1.82) is 0 Å². The number of anilines is 1. The molecule has 0 bridgehead atoms. The zero-order valence-electron chi connectivity index (χ0n) is 9.46. The minimum Gasteiger partial charge on any atom is -0.330 e. The Morgan fingerprint density at radius 2 is 2.38 bits per heavy atom. The van der Waals surface area contributed by atoms with E-state index in [1.165, 1.54) is 0 Å². The molecule has 1 heterocycles. The zero-order chi connectivity index (χ0) is 12.1. The highest BCUT2D eigenvalue weighted by Gasteiger charge is 2.13. The molecule has 0 saturated carbocycles. The van der Waals surface area contributed by atoms with Crippen LogP contribution in [0.2, 0.25) is 5.15 Å². The van der Waals surface area contributed by atoms with Crippen molar-refractivity contribution in [3.63, 3.8) is 0 Å². The molecule has 0 aliphatic rings. The molecule has 0 aliphatic heterocycles. The molecule has 88 valence electrons. The fourth-order valence-electron chi connectivity index (χ4n) is 1.28. The number of nitrogens with one attached hydrogen (secondary N) is 1. The Labute approximate surface area is 100 Å². The first kappa shape index (κ1) is 12.9. The van der Waals surface area contributed by atoms with E-state index >= 15 is 0 Å². The first-order valence-electron chi connectivity index (χ1n) is 5.17. The van der Waals surface area contributed by atoms with E-state index < -0.39 is 0 Å². The van der Waals surface area contributed by atoms with Crippen LogP contribution in [0, 0.1) is 12.8 Å². The molecule has 0 aliphatic carbocycles. The Balaban J connectivity index is 2.72. The molecule has 0 spiro atoms. The van der Waals surface area contributed by atoms with Crippen molar-refractivity contribution in [3.8, 4) is 0 Å². The average Bonchev–Trinajstić information content (AvgIpc) is 2.23. The number of halogens is 1. The summed E-state index contributed by atoms with van der Waals surface area (Å²) in [5, 5.41) is 3.05. The molecule has 3 N–H and O–H groups in total. The van der Waals surface area contributed by atoms with E-state index in [0.29, 0.717) is 23.8 Å². The van der Waals surface area contributed by atoms with Crippen molar-refractivity contribution in [1.82, 2.24) is 4.98 Å². The van der Waals surface area contributed by atoms with E-state index in [4.69, 9.17) is 17.3 Å². The highest BCUT2D eigenvalue weighted by atomic mass is 35.5. The van der Waals surface area contributed by atoms with E-state index in [9.17, 15) is 4.79 Å². The Morgan fingerprint density at radius 1 is 1.69 bits per heavy atom. The quantitative estimate of drug-likeness (QED) is 0.792. The number of aromatic nitrogens is 1. The lowest BCUT2D eigenvalue weighted by Gasteiger charge is -2.12. The third-order valence-corrected chi connectivity index (χ3v) is 2.58. The third kappa shape index (κ3) is 3.47. The van der Waals surface area contributed by atoms with E-state index in [-0.39, 0.29) is 11.8 Å². The number of amides is 1. The lowest BCUT2D eigenvalue weighted by molar-refractivity contribution is -0.119. The number of rotatable bonds is 4. The number of aryl methyl sites for hydroxylation is 1. The number of carbonyl (C=O) groups excluding carboxylic acids is 1. The van der Waals surface area contributed by atoms with Gasteiger partial charge in [-0.05, 0) is 31.5 Å². The van der Waals surface area contributed by atoms with Crippen molar-refractivity contribution >= 4 is 23.2 Å². The molecule has 1 atom stereocenters. The Morgan fingerprint density at radius 3 is 3.00 bits per heavy atom. The van der Waals surface area contributed by atoms with Gasteiger partial charge in [-0.3, -0.25) is 4.79 Å². The molecule has 0 fully saturated rings. The summed E-state index contributed by atoms with van der Waals surface area (Å²) < 4.78 is 0. The molecule has 1 rings (SSSR count). The number of nitrogens with zero attached hydrogens (tertiary/aromatic N) is 1. The maximum Gasteiger partial charge on any atom is 0.227 e. The van der Waals surface area contributed by atoms with Gasteiger partial charge in [-0.2, -0.15) is 0 Å². The van der Waals surface area contributed by atoms with Crippen molar-refractivity contribution in [2.75, 3.05) is 11.9 Å². The van der Waals surface area contributed by atoms with Crippen LogP contribution >= 0.6 is 11.6 Å². The molecule has 1 unspecified atom stereocenters. The van der Waals surface area contributed by atoms with E-state index in [2.05, 4.69) is 10.3 Å². The van der Waals surface area contributed by atoms with E-state index in [1.807, 2.05) is 13.8 Å². The molecule has 5 heteroatoms. The standard InChI is InChI=1S/C11H16ClN3O/c1-7-5-9(10(12)14-6-7)15-11(16)8(2)3-4-13/h5-6,8H,3-4,13H2,1-2H3,(H,15,16). The maximum absolute atomic E-state index is 11.7. The molecular weight excluding hydrogens is 226 g/mol. The van der Waals surface area contributed by atoms with Gasteiger partial charge >= 0.3 is 0 Å². The topological polar surface area (TPSA) is 68.0 Å². The highest BCUT2D eigenvalue weighted by molar-refractivity contribution is 6.32. The van der Waals surface area contributed by atoms with Crippen LogP contribution in [0.5, 0.6) is 0 Å². The number of nitrogens with two attached hydrogens (primary N) is 1. The van der Waals surface area contributed by atoms with E-state index in [1.54, 1.807) is 12.3 Å². The van der Waals surface area contributed by atoms with Crippen LogP contribution in [-0.2, 0) is 4.79 Å². The van der Waals surface area contributed by atoms with Gasteiger partial charge in [-0.1, -0.05) is 18.5 Å². The molecule has 16 heavy (non-hydrogen) atoms. The molecular formula is C11H16ClN3O. The van der Waals surface area contributed by atoms with Crippen LogP contribution < -0.4 is 11.1 Å². The normalized spacial score (nSPS) is 12.2. The van der Waals surface area contributed by atoms with Gasteiger partial charge in [0.05, 0.1) is 5.69 Å². The van der Waals surface area contributed by atoms with Gasteiger partial charge < -0.3 is 11.1 Å². The predicted octanol–water partition coefficient (Wildman–Crippen LogP) is 1.97. The average molecular weight is 242 g/mol. The molecule has 4 nitrogen and oxygen atoms in total. The van der Waals surface area contributed by atoms with Crippen molar-refractivity contribution in [2.45, 2.75) is 20.3 Å². The van der Waals surface area contributed by atoms with Crippen molar-refractivity contribution in [3.05, 3.63) is 23.0 Å². The molecule has 0 radical (unpaired) electrons. The fourth-order valence-corrected chi connectivity index (χ4v) is 1.43. The summed E-state index contributed by atoms with van der Waals surface area (Å²) in [6.45, 7) is 4.22. The van der Waals surface area contributed by atoms with Gasteiger partial charge in [-0.25, -0.2) is 4.98 Å². The Kier molecular flexibility index (Phi) is 4.71. The second-order valence-corrected chi connectivity index (χ2v) is 4.18. The zero-order valence-corrected chi connectivity index (χ0v) is 10.2. The van der Waals surface area contributed by atoms with Gasteiger partial charge in [0.15, 0.2) is 5.15 Å². The van der Waals surface area contributed by atoms with Gasteiger partial charge in [0, 0.05) is 12.1 Å². The van der Waals surface area contributed by atoms with Crippen molar-refractivity contribution in [2.24, 2.45) is 11.7 Å². The molecule has 1 aromatic heterocycles. The van der Waals surface area contributed by atoms with Crippen LogP contribution in [-0.4, -0.2) is 17.4 Å². The Bertz CT molecular complexity index is 381. The molecule has 1 amide bonds. The summed E-state index contributed by atoms with van der Waals surface area (Å²) in [5.74, 6) is -0.207. The molecule has 1 aromatic rings. The minimum atomic E-state index is -0.124. The SMILES string of the molecule is Cc1cnc(Cl)c(NC(=O)C(C)CCN)c1. The first-order chi connectivity index (χ1) is 7.54. The summed E-state index contributed by atoms with van der Waals surface area (Å²) in [5.41, 5.74) is 6.90. The van der Waals surface area contributed by atoms with Crippen LogP contribution in [0.15, 0.2) is 12.3 Å². The monoisotopic (exact) mass is 241 g/mol. The highest BCUT2D eigenvalue weighted by Crippen LogP contribution is 2.20. The third-order valence-electron chi connectivity index (χ3n) is 2.28. The molecule has 0 saturated heterocycles. The number of hydrogen-bond donors (Lipinski definition) is 2. The second-order valence-electron chi connectivity index (χ2n) is 3.82. The number of hydrogen-bond acceptors (Lipinski definition) is 3. The maximum atomic E-state index is 11.7. The summed E-state index contributed by atoms with van der Waals surface area (Å²) in [6, 6.07) is 1.79. The lowest BCUT2D eigenvalue weighted by atomic mass is 10.1. The minimum absolute atomic E-state index is 0.0836. The summed E-state index contributed by atoms with van der Waals surface area (Å²) in [4.78, 5) is 15.7. The van der Waals surface area contributed by atoms with Gasteiger partial charge in [0.25, 0.3) is 0 Å². The number of carbonyl (C=O) groups is 1. The second kappa shape index (κ2) is 5.82. The van der Waals surface area contributed by atoms with Gasteiger partial charge in [0.1, 0.15) is 0 Å². The van der Waals surface area contributed by atoms with Crippen LogP contribution in [0.4, 0.5) is 5.69 Å². The largest absolute Gasteiger partial charge is 0.330 e. The predicted molar refractivity (Wildman–Crippen MR) is 65.4 cm³/mol. The van der Waals surface area contributed by atoms with Crippen LogP contribution in [0.25, 0.3) is 0 Å².